The van der Waals surface area contributed by atoms with Crippen LogP contribution in [-0.4, -0.2) is 18.4 Å². The van der Waals surface area contributed by atoms with Gasteiger partial charge in [0.05, 0.1) is 11.7 Å². The smallest absolute Gasteiger partial charge is 0.259 e. The summed E-state index contributed by atoms with van der Waals surface area (Å²) in [5, 5.41) is 4.94. The molecule has 130 valence electrons. The average molecular weight is 344 g/mol. The Morgan fingerprint density at radius 2 is 1.73 bits per heavy atom. The van der Waals surface area contributed by atoms with Crippen molar-refractivity contribution in [3.8, 4) is 0 Å². The van der Waals surface area contributed by atoms with E-state index in [0.717, 1.165) is 22.0 Å². The van der Waals surface area contributed by atoms with Crippen molar-refractivity contribution in [1.82, 2.24) is 5.32 Å². The van der Waals surface area contributed by atoms with E-state index < -0.39 is 0 Å². The maximum absolute atomic E-state index is 12.8. The Morgan fingerprint density at radius 1 is 1.04 bits per heavy atom. The van der Waals surface area contributed by atoms with Crippen LogP contribution in [0.4, 0.5) is 5.69 Å². The third-order valence-corrected chi connectivity index (χ3v) is 4.91. The Balaban J connectivity index is 1.53. The molecule has 0 radical (unpaired) electrons. The van der Waals surface area contributed by atoms with Gasteiger partial charge in [0.25, 0.3) is 5.91 Å². The average Bonchev–Trinajstić information content (AvgIpc) is 2.90. The zero-order valence-corrected chi connectivity index (χ0v) is 14.8. The number of carbonyl (C=O) groups excluding carboxylic acids is 2. The van der Waals surface area contributed by atoms with Crippen molar-refractivity contribution in [2.24, 2.45) is 0 Å². The van der Waals surface area contributed by atoms with Crippen LogP contribution in [0.2, 0.25) is 0 Å². The summed E-state index contributed by atoms with van der Waals surface area (Å²) in [6.07, 6.45) is 0. The zero-order chi connectivity index (χ0) is 18.3. The molecule has 1 heterocycles. The molecule has 0 saturated heterocycles. The SMILES string of the molecule is Cc1ccc([C@@H](C)NC(=O)CN2C(=O)c3cccc4cccc2c34)cc1. The quantitative estimate of drug-likeness (QED) is 0.778. The second kappa shape index (κ2) is 6.30. The van der Waals surface area contributed by atoms with Crippen molar-refractivity contribution < 1.29 is 9.59 Å². The summed E-state index contributed by atoms with van der Waals surface area (Å²) in [6.45, 7) is 4.00. The van der Waals surface area contributed by atoms with Crippen LogP contribution in [0.5, 0.6) is 0 Å². The maximum atomic E-state index is 12.8. The van der Waals surface area contributed by atoms with Crippen LogP contribution in [0.3, 0.4) is 0 Å². The number of anilines is 1. The normalized spacial score (nSPS) is 13.9. The topological polar surface area (TPSA) is 49.4 Å². The van der Waals surface area contributed by atoms with Gasteiger partial charge in [-0.2, -0.15) is 0 Å². The molecule has 0 aromatic heterocycles. The minimum atomic E-state index is -0.170. The lowest BCUT2D eigenvalue weighted by atomic mass is 10.1. The third-order valence-electron chi connectivity index (χ3n) is 4.91. The molecule has 0 saturated carbocycles. The highest BCUT2D eigenvalue weighted by Crippen LogP contribution is 2.36. The Labute approximate surface area is 152 Å². The largest absolute Gasteiger partial charge is 0.348 e. The first-order valence-corrected chi connectivity index (χ1v) is 8.74. The molecule has 26 heavy (non-hydrogen) atoms. The Hall–Kier alpha value is -3.14. The molecule has 1 aliphatic rings. The van der Waals surface area contributed by atoms with Crippen molar-refractivity contribution in [2.75, 3.05) is 11.4 Å². The molecule has 0 fully saturated rings. The molecular formula is C22H20N2O2. The Morgan fingerprint density at radius 3 is 2.46 bits per heavy atom. The predicted octanol–water partition coefficient (Wildman–Crippen LogP) is 3.99. The van der Waals surface area contributed by atoms with Gasteiger partial charge in [-0.3, -0.25) is 14.5 Å². The fraction of sp³-hybridized carbons (Fsp3) is 0.182. The van der Waals surface area contributed by atoms with E-state index in [2.05, 4.69) is 5.32 Å². The summed E-state index contributed by atoms with van der Waals surface area (Å²) < 4.78 is 0. The van der Waals surface area contributed by atoms with E-state index in [0.29, 0.717) is 5.56 Å². The molecule has 0 spiro atoms. The molecule has 1 aliphatic heterocycles. The number of benzene rings is 3. The molecule has 4 rings (SSSR count). The molecule has 0 bridgehead atoms. The highest BCUT2D eigenvalue weighted by atomic mass is 16.2. The van der Waals surface area contributed by atoms with E-state index in [1.54, 1.807) is 4.90 Å². The van der Waals surface area contributed by atoms with Gasteiger partial charge in [0, 0.05) is 10.9 Å². The van der Waals surface area contributed by atoms with Gasteiger partial charge in [-0.05, 0) is 36.9 Å². The predicted molar refractivity (Wildman–Crippen MR) is 103 cm³/mol. The molecule has 4 heteroatoms. The minimum absolute atomic E-state index is 0.0167. The molecule has 2 amide bonds. The number of nitrogens with zero attached hydrogens (tertiary/aromatic N) is 1. The number of nitrogens with one attached hydrogen (secondary N) is 1. The van der Waals surface area contributed by atoms with E-state index >= 15 is 0 Å². The van der Waals surface area contributed by atoms with Crippen LogP contribution in [0.25, 0.3) is 10.8 Å². The number of amides is 2. The molecule has 0 unspecified atom stereocenters. The Bertz CT molecular complexity index is 1000. The van der Waals surface area contributed by atoms with Crippen LogP contribution in [0.15, 0.2) is 60.7 Å². The Kier molecular flexibility index (Phi) is 3.96. The van der Waals surface area contributed by atoms with Crippen molar-refractivity contribution in [3.63, 3.8) is 0 Å². The van der Waals surface area contributed by atoms with Gasteiger partial charge in [0.2, 0.25) is 5.91 Å². The van der Waals surface area contributed by atoms with E-state index in [-0.39, 0.29) is 24.4 Å². The summed E-state index contributed by atoms with van der Waals surface area (Å²) in [4.78, 5) is 26.9. The fourth-order valence-corrected chi connectivity index (χ4v) is 3.51. The zero-order valence-electron chi connectivity index (χ0n) is 14.8. The summed E-state index contributed by atoms with van der Waals surface area (Å²) in [5.41, 5.74) is 3.70. The van der Waals surface area contributed by atoms with E-state index in [1.165, 1.54) is 5.56 Å². The van der Waals surface area contributed by atoms with Crippen molar-refractivity contribution in [2.45, 2.75) is 19.9 Å². The minimum Gasteiger partial charge on any atom is -0.348 e. The first-order chi connectivity index (χ1) is 12.5. The third kappa shape index (κ3) is 2.73. The monoisotopic (exact) mass is 344 g/mol. The van der Waals surface area contributed by atoms with Crippen LogP contribution < -0.4 is 10.2 Å². The van der Waals surface area contributed by atoms with Crippen molar-refractivity contribution in [3.05, 3.63) is 77.4 Å². The molecular weight excluding hydrogens is 324 g/mol. The van der Waals surface area contributed by atoms with Crippen LogP contribution in [-0.2, 0) is 4.79 Å². The van der Waals surface area contributed by atoms with Crippen LogP contribution in [0.1, 0.15) is 34.5 Å². The van der Waals surface area contributed by atoms with Gasteiger partial charge in [0.15, 0.2) is 0 Å². The number of rotatable bonds is 4. The number of hydrogen-bond donors (Lipinski definition) is 1. The molecule has 3 aromatic carbocycles. The molecule has 0 aliphatic carbocycles. The number of carbonyl (C=O) groups is 2. The van der Waals surface area contributed by atoms with Gasteiger partial charge < -0.3 is 5.32 Å². The summed E-state index contributed by atoms with van der Waals surface area (Å²) >= 11 is 0. The van der Waals surface area contributed by atoms with Gasteiger partial charge in [-0.1, -0.05) is 54.1 Å². The second-order valence-electron chi connectivity index (χ2n) is 6.77. The molecule has 3 aromatic rings. The van der Waals surface area contributed by atoms with E-state index in [9.17, 15) is 9.59 Å². The highest BCUT2D eigenvalue weighted by Gasteiger charge is 2.31. The number of aryl methyl sites for hydroxylation is 1. The second-order valence-corrected chi connectivity index (χ2v) is 6.77. The van der Waals surface area contributed by atoms with E-state index in [4.69, 9.17) is 0 Å². The standard InChI is InChI=1S/C22H20N2O2/c1-14-9-11-16(12-10-14)15(2)23-20(25)13-24-19-8-4-6-17-5-3-7-18(21(17)19)22(24)26/h3-12,15H,13H2,1-2H3,(H,23,25)/t15-/m1/s1. The highest BCUT2D eigenvalue weighted by molar-refractivity contribution is 6.26. The molecule has 1 atom stereocenters. The lowest BCUT2D eigenvalue weighted by Crippen LogP contribution is -2.39. The lowest BCUT2D eigenvalue weighted by molar-refractivity contribution is -0.120. The summed E-state index contributed by atoms with van der Waals surface area (Å²) in [5.74, 6) is -0.286. The maximum Gasteiger partial charge on any atom is 0.259 e. The number of hydrogen-bond acceptors (Lipinski definition) is 2. The van der Waals surface area contributed by atoms with Crippen molar-refractivity contribution >= 4 is 28.3 Å². The van der Waals surface area contributed by atoms with Crippen LogP contribution >= 0.6 is 0 Å². The van der Waals surface area contributed by atoms with E-state index in [1.807, 2.05) is 74.5 Å². The summed E-state index contributed by atoms with van der Waals surface area (Å²) in [7, 11) is 0. The first-order valence-electron chi connectivity index (χ1n) is 8.74. The molecule has 1 N–H and O–H groups in total. The van der Waals surface area contributed by atoms with Gasteiger partial charge >= 0.3 is 0 Å². The summed E-state index contributed by atoms with van der Waals surface area (Å²) in [6, 6.07) is 19.4. The van der Waals surface area contributed by atoms with Crippen LogP contribution in [0, 0.1) is 6.92 Å². The van der Waals surface area contributed by atoms with Gasteiger partial charge in [-0.25, -0.2) is 0 Å². The van der Waals surface area contributed by atoms with Gasteiger partial charge in [-0.15, -0.1) is 0 Å². The first kappa shape index (κ1) is 16.3. The lowest BCUT2D eigenvalue weighted by Gasteiger charge is -2.20. The van der Waals surface area contributed by atoms with Gasteiger partial charge in [0.1, 0.15) is 6.54 Å². The molecule has 4 nitrogen and oxygen atoms in total. The fourth-order valence-electron chi connectivity index (χ4n) is 3.51. The van der Waals surface area contributed by atoms with Crippen molar-refractivity contribution in [1.29, 1.82) is 0 Å².